The highest BCUT2D eigenvalue weighted by Crippen LogP contribution is 2.32. The molecule has 4 rings (SSSR count). The average molecular weight is 342 g/mol. The number of amides is 1. The fourth-order valence-corrected chi connectivity index (χ4v) is 3.43. The van der Waals surface area contributed by atoms with Gasteiger partial charge in [0.25, 0.3) is 0 Å². The minimum Gasteiger partial charge on any atom is -0.462 e. The molecule has 130 valence electrons. The van der Waals surface area contributed by atoms with Crippen molar-refractivity contribution in [3.05, 3.63) is 41.3 Å². The Hall–Kier alpha value is -2.50. The summed E-state index contributed by atoms with van der Waals surface area (Å²) in [5.41, 5.74) is 1.44. The topological polar surface area (TPSA) is 59.5 Å². The molecule has 6 heteroatoms. The Morgan fingerprint density at radius 1 is 1.36 bits per heavy atom. The van der Waals surface area contributed by atoms with E-state index in [-0.39, 0.29) is 18.4 Å². The lowest BCUT2D eigenvalue weighted by Crippen LogP contribution is -2.28. The van der Waals surface area contributed by atoms with Gasteiger partial charge in [0.15, 0.2) is 0 Å². The first-order valence-corrected chi connectivity index (χ1v) is 8.55. The van der Waals surface area contributed by atoms with Crippen LogP contribution in [0.2, 0.25) is 0 Å². The van der Waals surface area contributed by atoms with Crippen LogP contribution in [0.25, 0.3) is 10.9 Å². The molecular weight excluding hydrogens is 323 g/mol. The van der Waals surface area contributed by atoms with Gasteiger partial charge in [0.05, 0.1) is 17.7 Å². The maximum absolute atomic E-state index is 13.4. The molecule has 2 aromatic rings. The average Bonchev–Trinajstić information content (AvgIpc) is 3.34. The van der Waals surface area contributed by atoms with Crippen LogP contribution >= 0.6 is 0 Å². The van der Waals surface area contributed by atoms with E-state index in [1.54, 1.807) is 19.1 Å². The molecule has 1 atom stereocenters. The van der Waals surface area contributed by atoms with Crippen molar-refractivity contribution in [1.29, 1.82) is 0 Å². The Morgan fingerprint density at radius 2 is 2.16 bits per heavy atom. The highest BCUT2D eigenvalue weighted by atomic mass is 19.1. The van der Waals surface area contributed by atoms with Gasteiger partial charge >= 0.3 is 5.97 Å². The maximum Gasteiger partial charge on any atom is 0.338 e. The van der Waals surface area contributed by atoms with Crippen LogP contribution in [-0.4, -0.2) is 41.0 Å². The SMILES string of the molecule is Cc1cc(C(=O)OCC2CC(=O)N(C3CC3)C2)c2ccc(F)cc2n1. The van der Waals surface area contributed by atoms with Crippen molar-refractivity contribution in [3.8, 4) is 0 Å². The first-order valence-electron chi connectivity index (χ1n) is 8.55. The number of rotatable bonds is 4. The maximum atomic E-state index is 13.4. The van der Waals surface area contributed by atoms with Crippen LogP contribution in [-0.2, 0) is 9.53 Å². The number of ether oxygens (including phenoxy) is 1. The van der Waals surface area contributed by atoms with Crippen molar-refractivity contribution < 1.29 is 18.7 Å². The van der Waals surface area contributed by atoms with Crippen molar-refractivity contribution in [2.75, 3.05) is 13.2 Å². The lowest BCUT2D eigenvalue weighted by molar-refractivity contribution is -0.128. The number of hydrogen-bond acceptors (Lipinski definition) is 4. The zero-order valence-corrected chi connectivity index (χ0v) is 14.0. The molecular formula is C19H19FN2O3. The summed E-state index contributed by atoms with van der Waals surface area (Å²) in [6.45, 7) is 2.64. The van der Waals surface area contributed by atoms with Gasteiger partial charge in [-0.3, -0.25) is 9.78 Å². The Labute approximate surface area is 144 Å². The number of carbonyl (C=O) groups is 2. The van der Waals surface area contributed by atoms with Crippen LogP contribution in [0.15, 0.2) is 24.3 Å². The predicted molar refractivity (Wildman–Crippen MR) is 89.6 cm³/mol. The molecule has 0 N–H and O–H groups in total. The molecule has 1 unspecified atom stereocenters. The molecule has 25 heavy (non-hydrogen) atoms. The van der Waals surface area contributed by atoms with Crippen molar-refractivity contribution in [2.24, 2.45) is 5.92 Å². The van der Waals surface area contributed by atoms with Crippen molar-refractivity contribution in [3.63, 3.8) is 0 Å². The Bertz CT molecular complexity index is 858. The second-order valence-electron chi connectivity index (χ2n) is 6.92. The van der Waals surface area contributed by atoms with E-state index < -0.39 is 11.8 Å². The molecule has 2 fully saturated rings. The summed E-state index contributed by atoms with van der Waals surface area (Å²) in [5, 5.41) is 0.569. The van der Waals surface area contributed by atoms with Crippen LogP contribution in [0.3, 0.4) is 0 Å². The number of halogens is 1. The molecule has 0 bridgehead atoms. The summed E-state index contributed by atoms with van der Waals surface area (Å²) in [5.74, 6) is -0.651. The number of benzene rings is 1. The molecule has 5 nitrogen and oxygen atoms in total. The summed E-state index contributed by atoms with van der Waals surface area (Å²) >= 11 is 0. The van der Waals surface area contributed by atoms with E-state index in [0.29, 0.717) is 41.2 Å². The predicted octanol–water partition coefficient (Wildman–Crippen LogP) is 2.85. The minimum absolute atomic E-state index is 0.0451. The van der Waals surface area contributed by atoms with E-state index in [9.17, 15) is 14.0 Å². The number of hydrogen-bond donors (Lipinski definition) is 0. The van der Waals surface area contributed by atoms with Gasteiger partial charge in [-0.15, -0.1) is 0 Å². The fraction of sp³-hybridized carbons (Fsp3) is 0.421. The molecule has 0 spiro atoms. The molecule has 1 saturated heterocycles. The monoisotopic (exact) mass is 342 g/mol. The quantitative estimate of drug-likeness (QED) is 0.802. The number of nitrogens with zero attached hydrogens (tertiary/aromatic N) is 2. The number of pyridine rings is 1. The van der Waals surface area contributed by atoms with Gasteiger partial charge in [0, 0.05) is 42.1 Å². The second kappa shape index (κ2) is 6.10. The van der Waals surface area contributed by atoms with Gasteiger partial charge in [-0.25, -0.2) is 9.18 Å². The third kappa shape index (κ3) is 3.21. The van der Waals surface area contributed by atoms with Crippen LogP contribution in [0.1, 0.15) is 35.3 Å². The molecule has 1 aromatic heterocycles. The summed E-state index contributed by atoms with van der Waals surface area (Å²) in [7, 11) is 0. The van der Waals surface area contributed by atoms with E-state index in [0.717, 1.165) is 12.8 Å². The summed E-state index contributed by atoms with van der Waals surface area (Å²) in [4.78, 5) is 30.7. The first kappa shape index (κ1) is 16.0. The number of aryl methyl sites for hydroxylation is 1. The zero-order chi connectivity index (χ0) is 17.6. The molecule has 1 saturated carbocycles. The smallest absolute Gasteiger partial charge is 0.338 e. The molecule has 1 aliphatic carbocycles. The summed E-state index contributed by atoms with van der Waals surface area (Å²) in [6, 6.07) is 6.21. The molecule has 1 amide bonds. The normalized spacial score (nSPS) is 20.3. The van der Waals surface area contributed by atoms with E-state index in [1.165, 1.54) is 12.1 Å². The summed E-state index contributed by atoms with van der Waals surface area (Å²) in [6.07, 6.45) is 2.60. The molecule has 1 aromatic carbocycles. The van der Waals surface area contributed by atoms with Gasteiger partial charge in [-0.05, 0) is 38.0 Å². The van der Waals surface area contributed by atoms with Crippen LogP contribution in [0.5, 0.6) is 0 Å². The van der Waals surface area contributed by atoms with E-state index in [1.807, 2.05) is 4.90 Å². The van der Waals surface area contributed by atoms with Gasteiger partial charge in [0.2, 0.25) is 5.91 Å². The summed E-state index contributed by atoms with van der Waals surface area (Å²) < 4.78 is 18.9. The number of likely N-dealkylation sites (tertiary alicyclic amines) is 1. The van der Waals surface area contributed by atoms with Gasteiger partial charge in [-0.1, -0.05) is 0 Å². The van der Waals surface area contributed by atoms with Crippen molar-refractivity contribution in [2.45, 2.75) is 32.2 Å². The lowest BCUT2D eigenvalue weighted by atomic mass is 10.1. The second-order valence-corrected chi connectivity index (χ2v) is 6.92. The lowest BCUT2D eigenvalue weighted by Gasteiger charge is -2.15. The number of fused-ring (bicyclic) bond motifs is 1. The van der Waals surface area contributed by atoms with Crippen LogP contribution in [0, 0.1) is 18.7 Å². The molecule has 2 aliphatic rings. The molecule has 0 radical (unpaired) electrons. The van der Waals surface area contributed by atoms with Crippen molar-refractivity contribution >= 4 is 22.8 Å². The Kier molecular flexibility index (Phi) is 3.90. The fourth-order valence-electron chi connectivity index (χ4n) is 3.43. The standard InChI is InChI=1S/C19H19FN2O3/c1-11-6-16(15-5-2-13(20)8-17(15)21-11)19(24)25-10-12-7-18(23)22(9-12)14-3-4-14/h2,5-6,8,12,14H,3-4,7,9-10H2,1H3. The largest absolute Gasteiger partial charge is 0.462 e. The first-order chi connectivity index (χ1) is 12.0. The van der Waals surface area contributed by atoms with Gasteiger partial charge in [0.1, 0.15) is 5.82 Å². The number of aromatic nitrogens is 1. The van der Waals surface area contributed by atoms with E-state index in [2.05, 4.69) is 4.98 Å². The Morgan fingerprint density at radius 3 is 2.92 bits per heavy atom. The van der Waals surface area contributed by atoms with Crippen molar-refractivity contribution in [1.82, 2.24) is 9.88 Å². The number of esters is 1. The third-order valence-corrected chi connectivity index (χ3v) is 4.80. The van der Waals surface area contributed by atoms with Gasteiger partial charge < -0.3 is 9.64 Å². The molecule has 1 aliphatic heterocycles. The van der Waals surface area contributed by atoms with E-state index >= 15 is 0 Å². The van der Waals surface area contributed by atoms with Crippen LogP contribution < -0.4 is 0 Å². The molecule has 2 heterocycles. The highest BCUT2D eigenvalue weighted by molar-refractivity contribution is 6.03. The zero-order valence-electron chi connectivity index (χ0n) is 14.0. The highest BCUT2D eigenvalue weighted by Gasteiger charge is 2.39. The third-order valence-electron chi connectivity index (χ3n) is 4.80. The number of carbonyl (C=O) groups excluding carboxylic acids is 2. The van der Waals surface area contributed by atoms with Crippen LogP contribution in [0.4, 0.5) is 4.39 Å². The Balaban J connectivity index is 1.48. The van der Waals surface area contributed by atoms with E-state index in [4.69, 9.17) is 4.74 Å². The minimum atomic E-state index is -0.459. The van der Waals surface area contributed by atoms with Gasteiger partial charge in [-0.2, -0.15) is 0 Å².